The van der Waals surface area contributed by atoms with Crippen molar-refractivity contribution in [1.82, 2.24) is 9.80 Å². The van der Waals surface area contributed by atoms with Crippen molar-refractivity contribution in [2.24, 2.45) is 0 Å². The number of benzene rings is 1. The Bertz CT molecular complexity index is 502. The highest BCUT2D eigenvalue weighted by Crippen LogP contribution is 2.29. The van der Waals surface area contributed by atoms with Crippen molar-refractivity contribution in [1.29, 1.82) is 0 Å². The van der Waals surface area contributed by atoms with Crippen molar-refractivity contribution in [2.75, 3.05) is 52.3 Å². The number of hydrogen-bond acceptors (Lipinski definition) is 4. The molecule has 0 unspecified atom stereocenters. The highest BCUT2D eigenvalue weighted by Gasteiger charge is 2.18. The van der Waals surface area contributed by atoms with Crippen LogP contribution in [0.3, 0.4) is 0 Å². The molecule has 0 spiro atoms. The van der Waals surface area contributed by atoms with Crippen LogP contribution in [-0.4, -0.2) is 61.9 Å². The summed E-state index contributed by atoms with van der Waals surface area (Å²) in [5, 5.41) is 4.05. The zero-order chi connectivity index (χ0) is 15.9. The molecule has 0 bridgehead atoms. The van der Waals surface area contributed by atoms with Crippen LogP contribution in [0.15, 0.2) is 18.2 Å². The van der Waals surface area contributed by atoms with Crippen LogP contribution in [0.4, 0.5) is 5.69 Å². The van der Waals surface area contributed by atoms with Crippen LogP contribution in [0.2, 0.25) is 0 Å². The third kappa shape index (κ3) is 4.24. The van der Waals surface area contributed by atoms with E-state index >= 15 is 0 Å². The van der Waals surface area contributed by atoms with E-state index in [1.54, 1.807) is 14.2 Å². The number of rotatable bonds is 5. The minimum absolute atomic E-state index is 0.697. The van der Waals surface area contributed by atoms with Crippen LogP contribution in [0.1, 0.15) is 13.3 Å². The number of methoxy groups -OCH3 is 2. The fourth-order valence-corrected chi connectivity index (χ4v) is 2.91. The first kappa shape index (κ1) is 16.8. The molecule has 0 aromatic heterocycles. The van der Waals surface area contributed by atoms with Gasteiger partial charge >= 0.3 is 0 Å². The van der Waals surface area contributed by atoms with E-state index in [0.29, 0.717) is 11.5 Å². The van der Waals surface area contributed by atoms with Crippen LogP contribution in [-0.2, 0) is 0 Å². The molecule has 1 aliphatic rings. The number of ether oxygens (including phenoxy) is 2. The van der Waals surface area contributed by atoms with E-state index in [9.17, 15) is 0 Å². The van der Waals surface area contributed by atoms with Gasteiger partial charge in [0.05, 0.1) is 14.2 Å². The molecule has 0 radical (unpaired) electrons. The fraction of sp³-hybridized carbons (Fsp3) is 0.562. The molecule has 1 aromatic rings. The summed E-state index contributed by atoms with van der Waals surface area (Å²) < 4.78 is 10.6. The van der Waals surface area contributed by atoms with E-state index in [2.05, 4.69) is 22.0 Å². The summed E-state index contributed by atoms with van der Waals surface area (Å²) in [6, 6.07) is 5.72. The van der Waals surface area contributed by atoms with Crippen molar-refractivity contribution in [3.05, 3.63) is 18.2 Å². The summed E-state index contributed by atoms with van der Waals surface area (Å²) in [6.45, 7) is 7.47. The lowest BCUT2D eigenvalue weighted by atomic mass is 10.2. The molecule has 0 amide bonds. The molecule has 1 saturated heterocycles. The second kappa shape index (κ2) is 8.19. The molecule has 5 nitrogen and oxygen atoms in total. The maximum absolute atomic E-state index is 5.52. The van der Waals surface area contributed by atoms with Crippen LogP contribution >= 0.6 is 12.2 Å². The molecule has 0 aliphatic carbocycles. The molecule has 1 heterocycles. The number of hydrogen-bond donors (Lipinski definition) is 1. The number of nitrogens with zero attached hydrogens (tertiary/aromatic N) is 2. The van der Waals surface area contributed by atoms with Crippen LogP contribution in [0, 0.1) is 0 Å². The van der Waals surface area contributed by atoms with Crippen LogP contribution in [0.25, 0.3) is 0 Å². The SMILES string of the molecule is CCCN1CCN(C(=S)Nc2ccc(OC)c(OC)c2)CC1. The van der Waals surface area contributed by atoms with E-state index in [1.807, 2.05) is 18.2 Å². The molecule has 2 rings (SSSR count). The first-order valence-corrected chi connectivity index (χ1v) is 8.09. The largest absolute Gasteiger partial charge is 0.493 e. The summed E-state index contributed by atoms with van der Waals surface area (Å²) in [7, 11) is 3.26. The van der Waals surface area contributed by atoms with Crippen molar-refractivity contribution < 1.29 is 9.47 Å². The Labute approximate surface area is 138 Å². The topological polar surface area (TPSA) is 37.0 Å². The van der Waals surface area contributed by atoms with Gasteiger partial charge in [0.1, 0.15) is 0 Å². The van der Waals surface area contributed by atoms with Gasteiger partial charge in [-0.15, -0.1) is 0 Å². The highest BCUT2D eigenvalue weighted by molar-refractivity contribution is 7.80. The first-order valence-electron chi connectivity index (χ1n) is 7.68. The third-order valence-electron chi connectivity index (χ3n) is 3.83. The van der Waals surface area contributed by atoms with Crippen molar-refractivity contribution in [3.8, 4) is 11.5 Å². The fourth-order valence-electron chi connectivity index (χ4n) is 2.61. The number of piperazine rings is 1. The smallest absolute Gasteiger partial charge is 0.173 e. The average Bonchev–Trinajstić information content (AvgIpc) is 2.55. The lowest BCUT2D eigenvalue weighted by Gasteiger charge is -2.36. The zero-order valence-electron chi connectivity index (χ0n) is 13.6. The standard InChI is InChI=1S/C16H25N3O2S/c1-4-7-18-8-10-19(11-9-18)16(22)17-13-5-6-14(20-2)15(12-13)21-3/h5-6,12H,4,7-11H2,1-3H3,(H,17,22). The molecule has 1 aromatic carbocycles. The predicted molar refractivity (Wildman–Crippen MR) is 94.1 cm³/mol. The molecule has 1 aliphatic heterocycles. The lowest BCUT2D eigenvalue weighted by molar-refractivity contribution is 0.184. The van der Waals surface area contributed by atoms with Gasteiger partial charge in [0.25, 0.3) is 0 Å². The molecular weight excluding hydrogens is 298 g/mol. The maximum atomic E-state index is 5.52. The second-order valence-corrected chi connectivity index (χ2v) is 5.72. The zero-order valence-corrected chi connectivity index (χ0v) is 14.4. The minimum atomic E-state index is 0.697. The quantitative estimate of drug-likeness (QED) is 0.839. The van der Waals surface area contributed by atoms with Gasteiger partial charge < -0.3 is 19.7 Å². The molecule has 1 fully saturated rings. The summed E-state index contributed by atoms with van der Waals surface area (Å²) in [6.07, 6.45) is 1.20. The number of thiocarbonyl (C=S) groups is 1. The monoisotopic (exact) mass is 323 g/mol. The van der Waals surface area contributed by atoms with E-state index in [0.717, 1.165) is 37.0 Å². The van der Waals surface area contributed by atoms with Crippen molar-refractivity contribution >= 4 is 23.0 Å². The second-order valence-electron chi connectivity index (χ2n) is 5.33. The highest BCUT2D eigenvalue weighted by atomic mass is 32.1. The predicted octanol–water partition coefficient (Wildman–Crippen LogP) is 2.43. The van der Waals surface area contributed by atoms with Crippen LogP contribution < -0.4 is 14.8 Å². The maximum Gasteiger partial charge on any atom is 0.173 e. The van der Waals surface area contributed by atoms with Crippen LogP contribution in [0.5, 0.6) is 11.5 Å². The summed E-state index contributed by atoms with van der Waals surface area (Å²) in [5.74, 6) is 1.41. The van der Waals surface area contributed by atoms with Crippen molar-refractivity contribution in [3.63, 3.8) is 0 Å². The molecule has 22 heavy (non-hydrogen) atoms. The Morgan fingerprint density at radius 2 is 1.82 bits per heavy atom. The average molecular weight is 323 g/mol. The molecule has 0 saturated carbocycles. The van der Waals surface area contributed by atoms with E-state index in [-0.39, 0.29) is 0 Å². The minimum Gasteiger partial charge on any atom is -0.493 e. The third-order valence-corrected chi connectivity index (χ3v) is 4.19. The van der Waals surface area contributed by atoms with Gasteiger partial charge in [-0.25, -0.2) is 0 Å². The van der Waals surface area contributed by atoms with E-state index in [1.165, 1.54) is 13.0 Å². The summed E-state index contributed by atoms with van der Waals surface area (Å²) >= 11 is 5.52. The van der Waals surface area contributed by atoms with Gasteiger partial charge in [-0.2, -0.15) is 0 Å². The normalized spacial score (nSPS) is 15.5. The summed E-state index contributed by atoms with van der Waals surface area (Å²) in [4.78, 5) is 4.70. The lowest BCUT2D eigenvalue weighted by Crippen LogP contribution is -2.49. The van der Waals surface area contributed by atoms with Crippen molar-refractivity contribution in [2.45, 2.75) is 13.3 Å². The number of nitrogens with one attached hydrogen (secondary N) is 1. The molecule has 0 atom stereocenters. The first-order chi connectivity index (χ1) is 10.7. The van der Waals surface area contributed by atoms with Gasteiger partial charge in [0.15, 0.2) is 16.6 Å². The Morgan fingerprint density at radius 3 is 2.41 bits per heavy atom. The van der Waals surface area contributed by atoms with Gasteiger partial charge in [0, 0.05) is 37.9 Å². The molecule has 6 heteroatoms. The Hall–Kier alpha value is -1.53. The van der Waals surface area contributed by atoms with E-state index in [4.69, 9.17) is 21.7 Å². The Kier molecular flexibility index (Phi) is 6.27. The Morgan fingerprint density at radius 1 is 1.14 bits per heavy atom. The van der Waals surface area contributed by atoms with Gasteiger partial charge in [-0.1, -0.05) is 6.92 Å². The Balaban J connectivity index is 1.92. The molecule has 1 N–H and O–H groups in total. The molecular formula is C16H25N3O2S. The van der Waals surface area contributed by atoms with Gasteiger partial charge in [-0.05, 0) is 37.3 Å². The number of anilines is 1. The van der Waals surface area contributed by atoms with E-state index < -0.39 is 0 Å². The summed E-state index contributed by atoms with van der Waals surface area (Å²) in [5.41, 5.74) is 0.915. The van der Waals surface area contributed by atoms with Gasteiger partial charge in [-0.3, -0.25) is 4.90 Å². The molecule has 122 valence electrons. The van der Waals surface area contributed by atoms with Gasteiger partial charge in [0.2, 0.25) is 0 Å².